The van der Waals surface area contributed by atoms with E-state index in [1.807, 2.05) is 6.07 Å². The highest BCUT2D eigenvalue weighted by molar-refractivity contribution is 6.01. The molecule has 2 rings (SSSR count). The number of halogens is 1. The summed E-state index contributed by atoms with van der Waals surface area (Å²) < 4.78 is 12.7. The molecule has 0 fully saturated rings. The Morgan fingerprint density at radius 3 is 2.67 bits per heavy atom. The van der Waals surface area contributed by atoms with Gasteiger partial charge in [0.25, 0.3) is 0 Å². The lowest BCUT2D eigenvalue weighted by molar-refractivity contribution is -0.111. The van der Waals surface area contributed by atoms with Gasteiger partial charge in [-0.25, -0.2) is 4.39 Å². The number of carbonyl (C=O) groups is 1. The van der Waals surface area contributed by atoms with E-state index in [-0.39, 0.29) is 11.7 Å². The molecule has 90 valence electrons. The third-order valence-electron chi connectivity index (χ3n) is 2.22. The average molecular weight is 242 g/mol. The van der Waals surface area contributed by atoms with Crippen molar-refractivity contribution in [2.75, 3.05) is 5.32 Å². The maximum atomic E-state index is 12.7. The molecule has 1 aromatic heterocycles. The van der Waals surface area contributed by atoms with Crippen LogP contribution in [-0.2, 0) is 4.79 Å². The SMILES string of the molecule is O=C(/C=C/c1cccnc1)Nc1ccc(F)cc1. The number of amides is 1. The number of benzene rings is 1. The minimum absolute atomic E-state index is 0.273. The third kappa shape index (κ3) is 3.52. The van der Waals surface area contributed by atoms with Gasteiger partial charge in [0.2, 0.25) is 5.91 Å². The van der Waals surface area contributed by atoms with Crippen LogP contribution in [0.25, 0.3) is 6.08 Å². The van der Waals surface area contributed by atoms with Crippen molar-refractivity contribution in [3.8, 4) is 0 Å². The van der Waals surface area contributed by atoms with Gasteiger partial charge in [0.05, 0.1) is 0 Å². The average Bonchev–Trinajstić information content (AvgIpc) is 2.40. The number of rotatable bonds is 3. The van der Waals surface area contributed by atoms with Gasteiger partial charge in [-0.1, -0.05) is 6.07 Å². The van der Waals surface area contributed by atoms with Gasteiger partial charge in [0.1, 0.15) is 5.82 Å². The smallest absolute Gasteiger partial charge is 0.248 e. The van der Waals surface area contributed by atoms with E-state index < -0.39 is 0 Å². The number of hydrogen-bond acceptors (Lipinski definition) is 2. The van der Waals surface area contributed by atoms with Gasteiger partial charge in [-0.15, -0.1) is 0 Å². The second-order valence-electron chi connectivity index (χ2n) is 3.62. The number of nitrogens with one attached hydrogen (secondary N) is 1. The highest BCUT2D eigenvalue weighted by atomic mass is 19.1. The fourth-order valence-corrected chi connectivity index (χ4v) is 1.36. The van der Waals surface area contributed by atoms with Crippen LogP contribution in [0.1, 0.15) is 5.56 Å². The van der Waals surface area contributed by atoms with E-state index in [1.165, 1.54) is 30.3 Å². The molecule has 0 saturated carbocycles. The first kappa shape index (κ1) is 12.0. The van der Waals surface area contributed by atoms with E-state index in [4.69, 9.17) is 0 Å². The highest BCUT2D eigenvalue weighted by Gasteiger charge is 1.97. The van der Waals surface area contributed by atoms with E-state index in [9.17, 15) is 9.18 Å². The predicted octanol–water partition coefficient (Wildman–Crippen LogP) is 2.87. The van der Waals surface area contributed by atoms with Crippen molar-refractivity contribution in [3.05, 3.63) is 66.2 Å². The molecule has 0 unspecified atom stereocenters. The largest absolute Gasteiger partial charge is 0.323 e. The standard InChI is InChI=1S/C14H11FN2O/c15-12-4-6-13(7-5-12)17-14(18)8-3-11-2-1-9-16-10-11/h1-10H,(H,17,18)/b8-3+. The zero-order valence-corrected chi connectivity index (χ0v) is 9.51. The molecule has 1 N–H and O–H groups in total. The maximum absolute atomic E-state index is 12.7. The molecule has 1 heterocycles. The third-order valence-corrected chi connectivity index (χ3v) is 2.22. The fourth-order valence-electron chi connectivity index (χ4n) is 1.36. The van der Waals surface area contributed by atoms with Gasteiger partial charge in [-0.05, 0) is 42.0 Å². The molecule has 4 heteroatoms. The summed E-state index contributed by atoms with van der Waals surface area (Å²) in [6.45, 7) is 0. The van der Waals surface area contributed by atoms with Gasteiger partial charge in [-0.2, -0.15) is 0 Å². The van der Waals surface area contributed by atoms with Gasteiger partial charge >= 0.3 is 0 Å². The van der Waals surface area contributed by atoms with Crippen LogP contribution in [-0.4, -0.2) is 10.9 Å². The van der Waals surface area contributed by atoms with Crippen molar-refractivity contribution in [2.45, 2.75) is 0 Å². The van der Waals surface area contributed by atoms with E-state index in [0.717, 1.165) is 5.56 Å². The van der Waals surface area contributed by atoms with Gasteiger partial charge in [0.15, 0.2) is 0 Å². The lowest BCUT2D eigenvalue weighted by atomic mass is 10.2. The molecule has 0 bridgehead atoms. The van der Waals surface area contributed by atoms with Gasteiger partial charge < -0.3 is 5.32 Å². The quantitative estimate of drug-likeness (QED) is 0.841. The lowest BCUT2D eigenvalue weighted by Gasteiger charge is -2.01. The fraction of sp³-hybridized carbons (Fsp3) is 0. The molecule has 0 aliphatic rings. The minimum Gasteiger partial charge on any atom is -0.323 e. The molecule has 1 amide bonds. The Balaban J connectivity index is 1.97. The second kappa shape index (κ2) is 5.72. The zero-order valence-electron chi connectivity index (χ0n) is 9.51. The zero-order chi connectivity index (χ0) is 12.8. The molecule has 3 nitrogen and oxygen atoms in total. The molecule has 2 aromatic rings. The lowest BCUT2D eigenvalue weighted by Crippen LogP contribution is -2.07. The summed E-state index contributed by atoms with van der Waals surface area (Å²) in [5.41, 5.74) is 1.39. The Morgan fingerprint density at radius 1 is 1.22 bits per heavy atom. The Hall–Kier alpha value is -2.49. The van der Waals surface area contributed by atoms with Crippen molar-refractivity contribution in [2.24, 2.45) is 0 Å². The van der Waals surface area contributed by atoms with E-state index in [1.54, 1.807) is 24.5 Å². The molecule has 18 heavy (non-hydrogen) atoms. The maximum Gasteiger partial charge on any atom is 0.248 e. The van der Waals surface area contributed by atoms with Crippen LogP contribution in [0.5, 0.6) is 0 Å². The number of aromatic nitrogens is 1. The molecule has 0 spiro atoms. The molecule has 1 aromatic carbocycles. The van der Waals surface area contributed by atoms with Crippen LogP contribution in [0.15, 0.2) is 54.9 Å². The topological polar surface area (TPSA) is 42.0 Å². The summed E-state index contributed by atoms with van der Waals surface area (Å²) in [6, 6.07) is 9.23. The molecule has 0 aliphatic carbocycles. The summed E-state index contributed by atoms with van der Waals surface area (Å²) in [4.78, 5) is 15.5. The number of nitrogens with zero attached hydrogens (tertiary/aromatic N) is 1. The van der Waals surface area contributed by atoms with Crippen molar-refractivity contribution in [3.63, 3.8) is 0 Å². The first-order valence-electron chi connectivity index (χ1n) is 5.39. The Morgan fingerprint density at radius 2 is 2.00 bits per heavy atom. The van der Waals surface area contributed by atoms with E-state index in [0.29, 0.717) is 5.69 Å². The van der Waals surface area contributed by atoms with Gasteiger partial charge in [-0.3, -0.25) is 9.78 Å². The monoisotopic (exact) mass is 242 g/mol. The van der Waals surface area contributed by atoms with E-state index in [2.05, 4.69) is 10.3 Å². The summed E-state index contributed by atoms with van der Waals surface area (Å²) in [6.07, 6.45) is 6.38. The summed E-state index contributed by atoms with van der Waals surface area (Å²) >= 11 is 0. The van der Waals surface area contributed by atoms with Crippen molar-refractivity contribution in [1.29, 1.82) is 0 Å². The normalized spacial score (nSPS) is 10.5. The second-order valence-corrected chi connectivity index (χ2v) is 3.62. The number of pyridine rings is 1. The Kier molecular flexibility index (Phi) is 3.81. The van der Waals surface area contributed by atoms with Gasteiger partial charge in [0, 0.05) is 24.2 Å². The van der Waals surface area contributed by atoms with Crippen LogP contribution in [0.2, 0.25) is 0 Å². The molecule has 0 radical (unpaired) electrons. The first-order valence-corrected chi connectivity index (χ1v) is 5.39. The summed E-state index contributed by atoms with van der Waals surface area (Å²) in [5.74, 6) is -0.607. The van der Waals surface area contributed by atoms with Crippen molar-refractivity contribution in [1.82, 2.24) is 4.98 Å². The molecule has 0 saturated heterocycles. The molecule has 0 atom stereocenters. The number of hydrogen-bond donors (Lipinski definition) is 1. The molecular weight excluding hydrogens is 231 g/mol. The Bertz CT molecular complexity index is 550. The van der Waals surface area contributed by atoms with Crippen LogP contribution < -0.4 is 5.32 Å². The summed E-state index contributed by atoms with van der Waals surface area (Å²) in [5, 5.41) is 2.63. The van der Waals surface area contributed by atoms with Crippen molar-refractivity contribution < 1.29 is 9.18 Å². The summed E-state index contributed by atoms with van der Waals surface area (Å²) in [7, 11) is 0. The first-order chi connectivity index (χ1) is 8.74. The number of carbonyl (C=O) groups excluding carboxylic acids is 1. The minimum atomic E-state index is -0.334. The van der Waals surface area contributed by atoms with Crippen LogP contribution in [0.4, 0.5) is 10.1 Å². The predicted molar refractivity (Wildman–Crippen MR) is 68.3 cm³/mol. The van der Waals surface area contributed by atoms with Crippen LogP contribution >= 0.6 is 0 Å². The van der Waals surface area contributed by atoms with Crippen LogP contribution in [0.3, 0.4) is 0 Å². The van der Waals surface area contributed by atoms with Crippen LogP contribution in [0, 0.1) is 5.82 Å². The Labute approximate surface area is 104 Å². The molecule has 0 aliphatic heterocycles. The van der Waals surface area contributed by atoms with Crippen molar-refractivity contribution >= 4 is 17.7 Å². The number of anilines is 1. The molecular formula is C14H11FN2O. The van der Waals surface area contributed by atoms with E-state index >= 15 is 0 Å². The highest BCUT2D eigenvalue weighted by Crippen LogP contribution is 2.08.